The van der Waals surface area contributed by atoms with Gasteiger partial charge in [0, 0.05) is 23.5 Å². The van der Waals surface area contributed by atoms with E-state index in [1.807, 2.05) is 0 Å². The summed E-state index contributed by atoms with van der Waals surface area (Å²) in [7, 11) is 0. The van der Waals surface area contributed by atoms with Gasteiger partial charge in [0.15, 0.2) is 5.65 Å². The lowest BCUT2D eigenvalue weighted by Gasteiger charge is -2.11. The van der Waals surface area contributed by atoms with Crippen LogP contribution in [0.2, 0.25) is 5.02 Å². The molecule has 32 heavy (non-hydrogen) atoms. The summed E-state index contributed by atoms with van der Waals surface area (Å²) in [6.45, 7) is 1.71. The molecule has 0 spiro atoms. The molecule has 4 rings (SSSR count). The van der Waals surface area contributed by atoms with Crippen LogP contribution in [0, 0.1) is 6.92 Å². The number of aromatic nitrogens is 5. The Labute approximate surface area is 183 Å². The molecule has 0 saturated heterocycles. The van der Waals surface area contributed by atoms with Crippen molar-refractivity contribution < 1.29 is 23.1 Å². The van der Waals surface area contributed by atoms with Crippen molar-refractivity contribution in [1.29, 1.82) is 0 Å². The molecule has 0 fully saturated rings. The van der Waals surface area contributed by atoms with Gasteiger partial charge < -0.3 is 10.4 Å². The molecule has 0 unspecified atom stereocenters. The van der Waals surface area contributed by atoms with E-state index in [0.717, 1.165) is 0 Å². The summed E-state index contributed by atoms with van der Waals surface area (Å²) in [5.41, 5.74) is 0.663. The Bertz CT molecular complexity index is 1350. The molecule has 4 heterocycles. The average molecular weight is 461 g/mol. The summed E-state index contributed by atoms with van der Waals surface area (Å²) >= 11 is 6.18. The number of fused-ring (bicyclic) bond motifs is 1. The fourth-order valence-corrected chi connectivity index (χ4v) is 3.07. The number of carboxylic acids is 1. The van der Waals surface area contributed by atoms with Crippen LogP contribution in [0.25, 0.3) is 22.4 Å². The first-order chi connectivity index (χ1) is 15.1. The van der Waals surface area contributed by atoms with Crippen LogP contribution in [-0.2, 0) is 6.18 Å². The minimum Gasteiger partial charge on any atom is -0.477 e. The van der Waals surface area contributed by atoms with Gasteiger partial charge in [0.25, 0.3) is 0 Å². The van der Waals surface area contributed by atoms with Crippen molar-refractivity contribution in [1.82, 2.24) is 24.9 Å². The second-order valence-electron chi connectivity index (χ2n) is 6.63. The first kappa shape index (κ1) is 21.4. The molecule has 8 nitrogen and oxygen atoms in total. The van der Waals surface area contributed by atoms with Gasteiger partial charge in [-0.05, 0) is 37.3 Å². The van der Waals surface area contributed by atoms with Crippen LogP contribution in [0.1, 0.15) is 21.7 Å². The third-order valence-electron chi connectivity index (χ3n) is 4.33. The molecule has 0 saturated carbocycles. The van der Waals surface area contributed by atoms with Crippen molar-refractivity contribution >= 4 is 40.2 Å². The van der Waals surface area contributed by atoms with E-state index in [2.05, 4.69) is 30.2 Å². The van der Waals surface area contributed by atoms with Crippen LogP contribution in [0.5, 0.6) is 0 Å². The number of hydrogen-bond acceptors (Lipinski definition) is 7. The van der Waals surface area contributed by atoms with Gasteiger partial charge in [0.2, 0.25) is 5.95 Å². The summed E-state index contributed by atoms with van der Waals surface area (Å²) < 4.78 is 38.2. The van der Waals surface area contributed by atoms with Crippen LogP contribution in [0.15, 0.2) is 42.7 Å². The summed E-state index contributed by atoms with van der Waals surface area (Å²) in [4.78, 5) is 31.5. The third-order valence-corrected chi connectivity index (χ3v) is 4.64. The van der Waals surface area contributed by atoms with Gasteiger partial charge in [-0.2, -0.15) is 13.2 Å². The molecular weight excluding hydrogens is 449 g/mol. The van der Waals surface area contributed by atoms with Crippen LogP contribution < -0.4 is 5.32 Å². The maximum absolute atomic E-state index is 12.7. The van der Waals surface area contributed by atoms with E-state index in [0.29, 0.717) is 34.9 Å². The molecular formula is C20H12ClF3N6O2. The van der Waals surface area contributed by atoms with Gasteiger partial charge in [-0.1, -0.05) is 11.6 Å². The number of alkyl halides is 3. The first-order valence-electron chi connectivity index (χ1n) is 8.96. The van der Waals surface area contributed by atoms with Crippen molar-refractivity contribution in [3.05, 3.63) is 64.7 Å². The van der Waals surface area contributed by atoms with Crippen LogP contribution in [0.3, 0.4) is 0 Å². The zero-order chi connectivity index (χ0) is 23.0. The lowest BCUT2D eigenvalue weighted by atomic mass is 10.1. The highest BCUT2D eigenvalue weighted by molar-refractivity contribution is 6.33. The molecule has 4 aromatic heterocycles. The van der Waals surface area contributed by atoms with E-state index in [1.54, 1.807) is 25.1 Å². The van der Waals surface area contributed by atoms with E-state index in [9.17, 15) is 23.1 Å². The van der Waals surface area contributed by atoms with Gasteiger partial charge >= 0.3 is 12.1 Å². The number of nitrogens with zero attached hydrogens (tertiary/aromatic N) is 5. The Morgan fingerprint density at radius 3 is 2.44 bits per heavy atom. The lowest BCUT2D eigenvalue weighted by Crippen LogP contribution is -2.07. The topological polar surface area (TPSA) is 114 Å². The molecule has 2 N–H and O–H groups in total. The molecule has 4 aromatic rings. The van der Waals surface area contributed by atoms with Crippen molar-refractivity contribution in [2.24, 2.45) is 0 Å². The largest absolute Gasteiger partial charge is 0.477 e. The molecule has 12 heteroatoms. The fraction of sp³-hybridized carbons (Fsp3) is 0.100. The highest BCUT2D eigenvalue weighted by atomic mass is 35.5. The molecule has 0 atom stereocenters. The van der Waals surface area contributed by atoms with Crippen LogP contribution in [-0.4, -0.2) is 36.0 Å². The second-order valence-corrected chi connectivity index (χ2v) is 7.04. The maximum atomic E-state index is 12.7. The Hall–Kier alpha value is -3.86. The molecule has 0 aliphatic carbocycles. The van der Waals surface area contributed by atoms with E-state index in [1.165, 1.54) is 12.1 Å². The van der Waals surface area contributed by atoms with Gasteiger partial charge in [-0.3, -0.25) is 0 Å². The van der Waals surface area contributed by atoms with Crippen LogP contribution >= 0.6 is 11.6 Å². The van der Waals surface area contributed by atoms with Crippen molar-refractivity contribution in [3.63, 3.8) is 0 Å². The summed E-state index contributed by atoms with van der Waals surface area (Å²) in [5.74, 6) is -1.24. The number of aryl methyl sites for hydroxylation is 1. The van der Waals surface area contributed by atoms with E-state index in [4.69, 9.17) is 11.6 Å². The molecule has 0 aliphatic heterocycles. The third kappa shape index (κ3) is 4.28. The minimum absolute atomic E-state index is 0.0344. The average Bonchev–Trinajstić information content (AvgIpc) is 2.73. The first-order valence-corrected chi connectivity index (χ1v) is 9.34. The predicted octanol–water partition coefficient (Wildman–Crippen LogP) is 4.90. The zero-order valence-corrected chi connectivity index (χ0v) is 16.9. The monoisotopic (exact) mass is 460 g/mol. The van der Waals surface area contributed by atoms with E-state index < -0.39 is 17.7 Å². The highest BCUT2D eigenvalue weighted by Crippen LogP contribution is 2.31. The molecule has 162 valence electrons. The van der Waals surface area contributed by atoms with Crippen LogP contribution in [0.4, 0.5) is 24.8 Å². The number of anilines is 2. The van der Waals surface area contributed by atoms with Gasteiger partial charge in [-0.25, -0.2) is 29.7 Å². The highest BCUT2D eigenvalue weighted by Gasteiger charge is 2.31. The Morgan fingerprint density at radius 1 is 1.06 bits per heavy atom. The number of rotatable bonds is 4. The Morgan fingerprint density at radius 2 is 1.78 bits per heavy atom. The van der Waals surface area contributed by atoms with Crippen molar-refractivity contribution in [2.45, 2.75) is 13.1 Å². The number of hydrogen-bond donors (Lipinski definition) is 2. The zero-order valence-electron chi connectivity index (χ0n) is 16.1. The van der Waals surface area contributed by atoms with Gasteiger partial charge in [0.1, 0.15) is 11.4 Å². The molecule has 0 amide bonds. The van der Waals surface area contributed by atoms with Gasteiger partial charge in [-0.15, -0.1) is 0 Å². The standard InChI is InChI=1S/C20H12ClF3N6O2/c1-9-6-15(30-19-25-7-10(8-26-19)20(22,23)24)11-2-4-13(29-17(11)27-9)16-12(21)3-5-14(28-16)18(31)32/h2-8H,1H3,(H,31,32)(H,25,26,27,29,30). The normalized spacial score (nSPS) is 11.5. The molecule has 0 radical (unpaired) electrons. The smallest absolute Gasteiger partial charge is 0.419 e. The molecule has 0 bridgehead atoms. The van der Waals surface area contributed by atoms with Gasteiger partial charge in [0.05, 0.1) is 22.0 Å². The number of pyridine rings is 3. The second kappa shape index (κ2) is 8.00. The number of aromatic carboxylic acids is 1. The molecule has 0 aromatic carbocycles. The fourth-order valence-electron chi connectivity index (χ4n) is 2.87. The van der Waals surface area contributed by atoms with E-state index >= 15 is 0 Å². The quantitative estimate of drug-likeness (QED) is 0.442. The maximum Gasteiger partial charge on any atom is 0.419 e. The number of carboxylic acid groups (broad SMARTS) is 1. The number of carbonyl (C=O) groups is 1. The predicted molar refractivity (Wildman–Crippen MR) is 110 cm³/mol. The summed E-state index contributed by atoms with van der Waals surface area (Å²) in [6, 6.07) is 7.60. The number of halogens is 4. The SMILES string of the molecule is Cc1cc(Nc2ncc(C(F)(F)F)cn2)c2ccc(-c3nc(C(=O)O)ccc3Cl)nc2n1. The number of nitrogens with one attached hydrogen (secondary N) is 1. The summed E-state index contributed by atoms with van der Waals surface area (Å²) in [5, 5.41) is 12.8. The van der Waals surface area contributed by atoms with Crippen molar-refractivity contribution in [3.8, 4) is 11.4 Å². The van der Waals surface area contributed by atoms with E-state index in [-0.39, 0.29) is 28.0 Å². The van der Waals surface area contributed by atoms with Crippen molar-refractivity contribution in [2.75, 3.05) is 5.32 Å². The minimum atomic E-state index is -4.54. The molecule has 0 aliphatic rings. The summed E-state index contributed by atoms with van der Waals surface area (Å²) in [6.07, 6.45) is -3.16. The Balaban J connectivity index is 1.74. The Kier molecular flexibility index (Phi) is 5.35. The lowest BCUT2D eigenvalue weighted by molar-refractivity contribution is -0.138.